The summed E-state index contributed by atoms with van der Waals surface area (Å²) >= 11 is 9.40. The summed E-state index contributed by atoms with van der Waals surface area (Å²) in [5.41, 5.74) is 0.720. The van der Waals surface area contributed by atoms with Crippen LogP contribution in [0.4, 0.5) is 0 Å². The number of hydrogen-bond donors (Lipinski definition) is 0. The molecule has 0 aliphatic heterocycles. The number of nitrogens with zero attached hydrogens (tertiary/aromatic N) is 1. The van der Waals surface area contributed by atoms with E-state index < -0.39 is 0 Å². The Morgan fingerprint density at radius 1 is 1.25 bits per heavy atom. The number of fused-ring (bicyclic) bond motifs is 1. The van der Waals surface area contributed by atoms with Gasteiger partial charge in [0.05, 0.1) is 19.2 Å². The monoisotopic (exact) mass is 301 g/mol. The summed E-state index contributed by atoms with van der Waals surface area (Å²) in [7, 11) is 3.16. The Balaban J connectivity index is 2.87. The number of benzene rings is 1. The van der Waals surface area contributed by atoms with Gasteiger partial charge in [0, 0.05) is 11.5 Å². The minimum atomic E-state index is 0.510. The van der Waals surface area contributed by atoms with Crippen molar-refractivity contribution in [2.45, 2.75) is 0 Å². The summed E-state index contributed by atoms with van der Waals surface area (Å²) in [4.78, 5) is 4.35. The van der Waals surface area contributed by atoms with Crippen molar-refractivity contribution in [3.05, 3.63) is 27.8 Å². The lowest BCUT2D eigenvalue weighted by Crippen LogP contribution is -1.93. The molecule has 0 radical (unpaired) electrons. The normalized spacial score (nSPS) is 10.5. The lowest BCUT2D eigenvalue weighted by Gasteiger charge is -2.11. The quantitative estimate of drug-likeness (QED) is 0.793. The van der Waals surface area contributed by atoms with Crippen LogP contribution in [0.15, 0.2) is 22.8 Å². The first-order valence-corrected chi connectivity index (χ1v) is 5.71. The first kappa shape index (κ1) is 11.5. The lowest BCUT2D eigenvalue weighted by atomic mass is 10.2. The Morgan fingerprint density at radius 2 is 2.00 bits per heavy atom. The lowest BCUT2D eigenvalue weighted by molar-refractivity contribution is 0.410. The summed E-state index contributed by atoms with van der Waals surface area (Å²) in [5, 5.41) is 1.34. The molecule has 0 amide bonds. The average Bonchev–Trinajstić information content (AvgIpc) is 2.28. The Kier molecular flexibility index (Phi) is 3.21. The van der Waals surface area contributed by atoms with Crippen LogP contribution in [0.2, 0.25) is 5.02 Å². The molecular formula is C11H9BrClNO2. The third-order valence-electron chi connectivity index (χ3n) is 2.24. The second kappa shape index (κ2) is 4.47. The van der Waals surface area contributed by atoms with Crippen molar-refractivity contribution < 1.29 is 9.47 Å². The molecule has 5 heteroatoms. The Bertz CT molecular complexity index is 545. The van der Waals surface area contributed by atoms with Crippen LogP contribution in [0.5, 0.6) is 11.5 Å². The van der Waals surface area contributed by atoms with Crippen molar-refractivity contribution in [3.8, 4) is 11.5 Å². The van der Waals surface area contributed by atoms with E-state index in [-0.39, 0.29) is 0 Å². The number of rotatable bonds is 2. The van der Waals surface area contributed by atoms with E-state index in [1.165, 1.54) is 0 Å². The van der Waals surface area contributed by atoms with Gasteiger partial charge in [-0.2, -0.15) is 0 Å². The molecule has 0 unspecified atom stereocenters. The summed E-state index contributed by atoms with van der Waals surface area (Å²) in [6.45, 7) is 0. The molecule has 0 fully saturated rings. The molecule has 1 aromatic heterocycles. The fraction of sp³-hybridized carbons (Fsp3) is 0.182. The number of hydrogen-bond acceptors (Lipinski definition) is 3. The van der Waals surface area contributed by atoms with E-state index in [9.17, 15) is 0 Å². The second-order valence-corrected chi connectivity index (χ2v) is 4.34. The molecule has 0 N–H and O–H groups in total. The summed E-state index contributed by atoms with van der Waals surface area (Å²) in [6, 6.07) is 5.42. The van der Waals surface area contributed by atoms with Gasteiger partial charge in [0.2, 0.25) is 0 Å². The molecule has 0 aliphatic rings. The van der Waals surface area contributed by atoms with Crippen molar-refractivity contribution in [2.75, 3.05) is 14.2 Å². The van der Waals surface area contributed by atoms with E-state index in [0.29, 0.717) is 16.5 Å². The van der Waals surface area contributed by atoms with E-state index >= 15 is 0 Å². The molecule has 0 saturated heterocycles. The van der Waals surface area contributed by atoms with Crippen molar-refractivity contribution in [1.82, 2.24) is 4.98 Å². The predicted molar refractivity (Wildman–Crippen MR) is 67.6 cm³/mol. The van der Waals surface area contributed by atoms with Crippen LogP contribution in [0, 0.1) is 0 Å². The van der Waals surface area contributed by atoms with Crippen LogP contribution in [-0.2, 0) is 0 Å². The van der Waals surface area contributed by atoms with E-state index in [1.54, 1.807) is 20.3 Å². The largest absolute Gasteiger partial charge is 0.494 e. The third kappa shape index (κ3) is 1.83. The van der Waals surface area contributed by atoms with Crippen LogP contribution in [-0.4, -0.2) is 19.2 Å². The van der Waals surface area contributed by atoms with Gasteiger partial charge in [-0.1, -0.05) is 11.6 Å². The Morgan fingerprint density at radius 3 is 2.62 bits per heavy atom. The Labute approximate surface area is 106 Å². The number of methoxy groups -OCH3 is 2. The van der Waals surface area contributed by atoms with Gasteiger partial charge < -0.3 is 9.47 Å². The second-order valence-electron chi connectivity index (χ2n) is 3.12. The molecule has 16 heavy (non-hydrogen) atoms. The van der Waals surface area contributed by atoms with Gasteiger partial charge in [-0.3, -0.25) is 0 Å². The first-order chi connectivity index (χ1) is 7.67. The molecule has 0 aliphatic carbocycles. The molecule has 84 valence electrons. The van der Waals surface area contributed by atoms with E-state index in [2.05, 4.69) is 20.9 Å². The standard InChI is InChI=1S/C11H9BrClNO2/c1-15-8-5-7(13)11(16-2)6-3-4-9(12)14-10(6)8/h3-5H,1-2H3. The van der Waals surface area contributed by atoms with Gasteiger partial charge in [0.1, 0.15) is 21.6 Å². The first-order valence-electron chi connectivity index (χ1n) is 4.54. The van der Waals surface area contributed by atoms with E-state index in [1.807, 2.05) is 12.1 Å². The van der Waals surface area contributed by atoms with Crippen LogP contribution in [0.25, 0.3) is 10.9 Å². The maximum Gasteiger partial charge on any atom is 0.147 e. The van der Waals surface area contributed by atoms with Gasteiger partial charge >= 0.3 is 0 Å². The fourth-order valence-corrected chi connectivity index (χ4v) is 2.13. The topological polar surface area (TPSA) is 31.4 Å². The van der Waals surface area contributed by atoms with Crippen molar-refractivity contribution in [1.29, 1.82) is 0 Å². The van der Waals surface area contributed by atoms with Crippen LogP contribution >= 0.6 is 27.5 Å². The molecule has 2 aromatic rings. The van der Waals surface area contributed by atoms with Crippen LogP contribution in [0.1, 0.15) is 0 Å². The zero-order valence-corrected chi connectivity index (χ0v) is 11.1. The minimum absolute atomic E-state index is 0.510. The fourth-order valence-electron chi connectivity index (χ4n) is 1.55. The third-order valence-corrected chi connectivity index (χ3v) is 2.96. The van der Waals surface area contributed by atoms with Crippen LogP contribution in [0.3, 0.4) is 0 Å². The minimum Gasteiger partial charge on any atom is -0.494 e. The predicted octanol–water partition coefficient (Wildman–Crippen LogP) is 3.67. The maximum atomic E-state index is 6.08. The molecular weight excluding hydrogens is 293 g/mol. The highest BCUT2D eigenvalue weighted by Gasteiger charge is 2.13. The molecule has 2 rings (SSSR count). The number of aromatic nitrogens is 1. The van der Waals surface area contributed by atoms with Crippen molar-refractivity contribution in [2.24, 2.45) is 0 Å². The summed E-state index contributed by atoms with van der Waals surface area (Å²) in [5.74, 6) is 1.24. The molecule has 0 bridgehead atoms. The van der Waals surface area contributed by atoms with Gasteiger partial charge in [0.25, 0.3) is 0 Å². The highest BCUT2D eigenvalue weighted by Crippen LogP contribution is 2.38. The van der Waals surface area contributed by atoms with Crippen molar-refractivity contribution in [3.63, 3.8) is 0 Å². The molecule has 0 atom stereocenters. The van der Waals surface area contributed by atoms with Gasteiger partial charge in [-0.15, -0.1) is 0 Å². The Hall–Kier alpha value is -1.00. The summed E-state index contributed by atoms with van der Waals surface area (Å²) in [6.07, 6.45) is 0. The van der Waals surface area contributed by atoms with Gasteiger partial charge in [-0.25, -0.2) is 4.98 Å². The zero-order valence-electron chi connectivity index (χ0n) is 8.75. The summed E-state index contributed by atoms with van der Waals surface area (Å²) < 4.78 is 11.2. The highest BCUT2D eigenvalue weighted by molar-refractivity contribution is 9.10. The molecule has 3 nitrogen and oxygen atoms in total. The van der Waals surface area contributed by atoms with Crippen molar-refractivity contribution >= 4 is 38.4 Å². The number of halogens is 2. The van der Waals surface area contributed by atoms with E-state index in [4.69, 9.17) is 21.1 Å². The van der Waals surface area contributed by atoms with Crippen LogP contribution < -0.4 is 9.47 Å². The smallest absolute Gasteiger partial charge is 0.147 e. The zero-order chi connectivity index (χ0) is 11.7. The molecule has 0 saturated carbocycles. The van der Waals surface area contributed by atoms with Gasteiger partial charge in [0.15, 0.2) is 0 Å². The van der Waals surface area contributed by atoms with E-state index in [0.717, 1.165) is 15.5 Å². The number of ether oxygens (including phenoxy) is 2. The molecule has 1 aromatic carbocycles. The molecule has 1 heterocycles. The SMILES string of the molecule is COc1c(Cl)cc(OC)c2nc(Br)ccc12. The van der Waals surface area contributed by atoms with Gasteiger partial charge in [-0.05, 0) is 28.1 Å². The highest BCUT2D eigenvalue weighted by atomic mass is 79.9. The molecule has 0 spiro atoms. The maximum absolute atomic E-state index is 6.08. The number of pyridine rings is 1. The average molecular weight is 303 g/mol.